The molecule has 0 spiro atoms. The fourth-order valence-electron chi connectivity index (χ4n) is 4.99. The van der Waals surface area contributed by atoms with Crippen LogP contribution in [0.1, 0.15) is 57.4 Å². The van der Waals surface area contributed by atoms with Gasteiger partial charge in [-0.15, -0.1) is 0 Å². The van der Waals surface area contributed by atoms with Crippen molar-refractivity contribution in [3.05, 3.63) is 40.9 Å². The van der Waals surface area contributed by atoms with E-state index in [-0.39, 0.29) is 18.4 Å². The van der Waals surface area contributed by atoms with Crippen LogP contribution in [0, 0.1) is 11.8 Å². The van der Waals surface area contributed by atoms with Crippen molar-refractivity contribution < 1.29 is 14.6 Å². The zero-order valence-electron chi connectivity index (χ0n) is 17.8. The van der Waals surface area contributed by atoms with Gasteiger partial charge in [-0.1, -0.05) is 36.7 Å². The number of nitrogens with zero attached hydrogens (tertiary/aromatic N) is 1. The molecule has 4 rings (SSSR count). The lowest BCUT2D eigenvalue weighted by atomic mass is 9.89. The van der Waals surface area contributed by atoms with Crippen LogP contribution >= 0.6 is 11.6 Å². The lowest BCUT2D eigenvalue weighted by molar-refractivity contribution is -0.138. The molecule has 1 atom stereocenters. The Kier molecular flexibility index (Phi) is 6.84. The minimum absolute atomic E-state index is 0.249. The molecule has 0 aromatic heterocycles. The van der Waals surface area contributed by atoms with Crippen molar-refractivity contribution in [3.63, 3.8) is 0 Å². The Labute approximate surface area is 184 Å². The molecule has 1 N–H and O–H groups in total. The molecule has 1 aliphatic heterocycles. The van der Waals surface area contributed by atoms with Crippen LogP contribution in [-0.4, -0.2) is 35.2 Å². The van der Waals surface area contributed by atoms with E-state index in [4.69, 9.17) is 21.4 Å². The van der Waals surface area contributed by atoms with Crippen LogP contribution in [0.25, 0.3) is 10.8 Å². The molecule has 1 saturated carbocycles. The summed E-state index contributed by atoms with van der Waals surface area (Å²) < 4.78 is 6.29. The van der Waals surface area contributed by atoms with E-state index in [9.17, 15) is 4.79 Å². The van der Waals surface area contributed by atoms with E-state index in [2.05, 4.69) is 36.1 Å². The highest BCUT2D eigenvalue weighted by atomic mass is 35.5. The Morgan fingerprint density at radius 1 is 1.17 bits per heavy atom. The number of hydrogen-bond donors (Lipinski definition) is 1. The third-order valence-corrected chi connectivity index (χ3v) is 7.10. The van der Waals surface area contributed by atoms with Gasteiger partial charge in [-0.3, -0.25) is 9.69 Å². The molecule has 4 nitrogen and oxygen atoms in total. The van der Waals surface area contributed by atoms with Gasteiger partial charge in [-0.05, 0) is 80.0 Å². The van der Waals surface area contributed by atoms with Crippen molar-refractivity contribution in [1.82, 2.24) is 4.90 Å². The van der Waals surface area contributed by atoms with E-state index in [0.717, 1.165) is 67.8 Å². The second-order valence-corrected chi connectivity index (χ2v) is 9.65. The van der Waals surface area contributed by atoms with Gasteiger partial charge in [0.05, 0.1) is 11.1 Å². The van der Waals surface area contributed by atoms with Gasteiger partial charge in [-0.2, -0.15) is 0 Å². The Morgan fingerprint density at radius 2 is 1.93 bits per heavy atom. The van der Waals surface area contributed by atoms with Crippen LogP contribution < -0.4 is 4.74 Å². The molecule has 0 radical (unpaired) electrons. The SMILES string of the molecule is CC1CCC(Oc2ccc3ccc(CN4CCCC(CC(=O)O)C4)cc3c2Cl)CC1. The van der Waals surface area contributed by atoms with Gasteiger partial charge >= 0.3 is 5.97 Å². The number of carboxylic acids is 1. The third kappa shape index (κ3) is 5.28. The van der Waals surface area contributed by atoms with Gasteiger partial charge in [0.1, 0.15) is 5.75 Å². The molecule has 30 heavy (non-hydrogen) atoms. The zero-order valence-corrected chi connectivity index (χ0v) is 18.5. The van der Waals surface area contributed by atoms with Crippen LogP contribution in [0.5, 0.6) is 5.75 Å². The summed E-state index contributed by atoms with van der Waals surface area (Å²) in [7, 11) is 0. The van der Waals surface area contributed by atoms with Crippen molar-refractivity contribution in [3.8, 4) is 5.75 Å². The van der Waals surface area contributed by atoms with Crippen molar-refractivity contribution in [2.75, 3.05) is 13.1 Å². The first kappa shape index (κ1) is 21.5. The van der Waals surface area contributed by atoms with Gasteiger partial charge < -0.3 is 9.84 Å². The Hall–Kier alpha value is -1.78. The highest BCUT2D eigenvalue weighted by Gasteiger charge is 2.23. The van der Waals surface area contributed by atoms with Crippen LogP contribution in [0.4, 0.5) is 0 Å². The van der Waals surface area contributed by atoms with Gasteiger partial charge in [0, 0.05) is 24.9 Å². The van der Waals surface area contributed by atoms with Crippen molar-refractivity contribution in [2.45, 2.75) is 64.5 Å². The number of piperidine rings is 1. The average Bonchev–Trinajstić information content (AvgIpc) is 2.72. The average molecular weight is 430 g/mol. The standard InChI is InChI=1S/C25H32ClNO3/c1-17-4-9-21(10-5-17)30-23-11-8-20-7-6-19(13-22(20)25(23)26)16-27-12-2-3-18(15-27)14-24(28)29/h6-8,11,13,17-18,21H,2-5,9-10,12,14-16H2,1H3,(H,28,29). The van der Waals surface area contributed by atoms with Crippen molar-refractivity contribution in [1.29, 1.82) is 0 Å². The minimum atomic E-state index is -0.695. The second kappa shape index (κ2) is 9.57. The number of fused-ring (bicyclic) bond motifs is 1. The molecule has 5 heteroatoms. The van der Waals surface area contributed by atoms with Gasteiger partial charge in [-0.25, -0.2) is 0 Å². The number of aliphatic carboxylic acids is 1. The molecule has 2 aromatic carbocycles. The molecule has 0 amide bonds. The maximum Gasteiger partial charge on any atom is 0.303 e. The molecular formula is C25H32ClNO3. The number of carboxylic acid groups (broad SMARTS) is 1. The monoisotopic (exact) mass is 429 g/mol. The number of hydrogen-bond acceptors (Lipinski definition) is 3. The number of benzene rings is 2. The van der Waals surface area contributed by atoms with Crippen LogP contribution in [0.2, 0.25) is 5.02 Å². The first-order valence-corrected chi connectivity index (χ1v) is 11.7. The van der Waals surface area contributed by atoms with Crippen LogP contribution in [-0.2, 0) is 11.3 Å². The molecule has 1 unspecified atom stereocenters. The Balaban J connectivity index is 1.47. The zero-order chi connectivity index (χ0) is 21.1. The van der Waals surface area contributed by atoms with Gasteiger partial charge in [0.25, 0.3) is 0 Å². The fourth-order valence-corrected chi connectivity index (χ4v) is 5.26. The molecule has 2 aromatic rings. The Bertz CT molecular complexity index is 891. The largest absolute Gasteiger partial charge is 0.489 e. The maximum atomic E-state index is 11.1. The predicted octanol–water partition coefficient (Wildman–Crippen LogP) is 6.14. The highest BCUT2D eigenvalue weighted by Crippen LogP contribution is 2.36. The van der Waals surface area contributed by atoms with E-state index in [0.29, 0.717) is 5.02 Å². The second-order valence-electron chi connectivity index (χ2n) is 9.27. The van der Waals surface area contributed by atoms with Gasteiger partial charge in [0.2, 0.25) is 0 Å². The number of ether oxygens (including phenoxy) is 1. The lowest BCUT2D eigenvalue weighted by Crippen LogP contribution is -2.35. The molecule has 0 bridgehead atoms. The normalized spacial score (nSPS) is 25.3. The summed E-state index contributed by atoms with van der Waals surface area (Å²) in [5.41, 5.74) is 1.21. The number of rotatable bonds is 6. The first-order valence-electron chi connectivity index (χ1n) is 11.3. The number of carbonyl (C=O) groups is 1. The van der Waals surface area contributed by atoms with Gasteiger partial charge in [0.15, 0.2) is 0 Å². The smallest absolute Gasteiger partial charge is 0.303 e. The topological polar surface area (TPSA) is 49.8 Å². The maximum absolute atomic E-state index is 11.1. The summed E-state index contributed by atoms with van der Waals surface area (Å²) in [6, 6.07) is 10.6. The molecule has 2 fully saturated rings. The van der Waals surface area contributed by atoms with E-state index in [1.165, 1.54) is 18.4 Å². The summed E-state index contributed by atoms with van der Waals surface area (Å²) in [5, 5.41) is 12.0. The quantitative estimate of drug-likeness (QED) is 0.599. The minimum Gasteiger partial charge on any atom is -0.489 e. The van der Waals surface area contributed by atoms with E-state index in [1.807, 2.05) is 6.07 Å². The highest BCUT2D eigenvalue weighted by molar-refractivity contribution is 6.37. The molecule has 2 aliphatic rings. The van der Waals surface area contributed by atoms with Crippen molar-refractivity contribution in [2.24, 2.45) is 11.8 Å². The molecule has 1 heterocycles. The lowest BCUT2D eigenvalue weighted by Gasteiger charge is -2.32. The molecule has 1 saturated heterocycles. The Morgan fingerprint density at radius 3 is 2.70 bits per heavy atom. The van der Waals surface area contributed by atoms with Crippen molar-refractivity contribution >= 4 is 28.3 Å². The summed E-state index contributed by atoms with van der Waals surface area (Å²) in [6.45, 7) is 5.01. The van der Waals surface area contributed by atoms with Crippen LogP contribution in [0.3, 0.4) is 0 Å². The first-order chi connectivity index (χ1) is 14.5. The third-order valence-electron chi connectivity index (χ3n) is 6.71. The number of likely N-dealkylation sites (tertiary alicyclic amines) is 1. The fraction of sp³-hybridized carbons (Fsp3) is 0.560. The van der Waals surface area contributed by atoms with E-state index in [1.54, 1.807) is 0 Å². The number of halogens is 1. The summed E-state index contributed by atoms with van der Waals surface area (Å²) >= 11 is 6.78. The van der Waals surface area contributed by atoms with E-state index >= 15 is 0 Å². The summed E-state index contributed by atoms with van der Waals surface area (Å²) in [5.74, 6) is 1.14. The van der Waals surface area contributed by atoms with E-state index < -0.39 is 5.97 Å². The summed E-state index contributed by atoms with van der Waals surface area (Å²) in [6.07, 6.45) is 7.23. The molecule has 162 valence electrons. The summed E-state index contributed by atoms with van der Waals surface area (Å²) in [4.78, 5) is 13.4. The predicted molar refractivity (Wildman–Crippen MR) is 121 cm³/mol. The molecule has 1 aliphatic carbocycles. The molecular weight excluding hydrogens is 398 g/mol. The van der Waals surface area contributed by atoms with Crippen LogP contribution in [0.15, 0.2) is 30.3 Å².